The molecule has 0 unspecified atom stereocenters. The maximum absolute atomic E-state index is 13.1. The first-order chi connectivity index (χ1) is 9.11. The van der Waals surface area contributed by atoms with Gasteiger partial charge in [0.1, 0.15) is 11.6 Å². The lowest BCUT2D eigenvalue weighted by molar-refractivity contribution is 0.318. The number of hydrogen-bond acceptors (Lipinski definition) is 5. The van der Waals surface area contributed by atoms with Crippen LogP contribution < -0.4 is 10.5 Å². The van der Waals surface area contributed by atoms with Crippen LogP contribution in [0.1, 0.15) is 5.56 Å². The summed E-state index contributed by atoms with van der Waals surface area (Å²) >= 11 is 3.04. The highest BCUT2D eigenvalue weighted by Crippen LogP contribution is 2.26. The van der Waals surface area contributed by atoms with Gasteiger partial charge in [0, 0.05) is 0 Å². The van der Waals surface area contributed by atoms with Crippen molar-refractivity contribution in [2.75, 3.05) is 0 Å². The van der Waals surface area contributed by atoms with E-state index in [9.17, 15) is 4.39 Å². The van der Waals surface area contributed by atoms with Crippen LogP contribution in [-0.4, -0.2) is 21.2 Å². The van der Waals surface area contributed by atoms with Gasteiger partial charge in [-0.2, -0.15) is 5.10 Å². The Labute approximate surface area is 115 Å². The van der Waals surface area contributed by atoms with Crippen LogP contribution in [0.2, 0.25) is 0 Å². The summed E-state index contributed by atoms with van der Waals surface area (Å²) in [6.45, 7) is 0. The van der Waals surface area contributed by atoms with Crippen molar-refractivity contribution in [3.8, 4) is 11.6 Å². The molecule has 0 fully saturated rings. The van der Waals surface area contributed by atoms with Gasteiger partial charge >= 0.3 is 0 Å². The third-order valence-corrected chi connectivity index (χ3v) is 2.78. The number of nitrogens with zero attached hydrogens (tertiary/aromatic N) is 3. The predicted octanol–water partition coefficient (Wildman–Crippen LogP) is 2.27. The van der Waals surface area contributed by atoms with Crippen molar-refractivity contribution >= 4 is 21.8 Å². The zero-order chi connectivity index (χ0) is 13.8. The van der Waals surface area contributed by atoms with E-state index < -0.39 is 5.82 Å². The Morgan fingerprint density at radius 3 is 2.89 bits per heavy atom. The van der Waals surface area contributed by atoms with Crippen molar-refractivity contribution < 1.29 is 14.3 Å². The minimum absolute atomic E-state index is 0.0521. The second kappa shape index (κ2) is 5.61. The van der Waals surface area contributed by atoms with Gasteiger partial charge in [0.25, 0.3) is 0 Å². The fourth-order valence-electron chi connectivity index (χ4n) is 1.29. The number of benzene rings is 1. The molecule has 0 radical (unpaired) electrons. The van der Waals surface area contributed by atoms with Crippen LogP contribution in [0.4, 0.5) is 4.39 Å². The number of amidine groups is 1. The summed E-state index contributed by atoms with van der Waals surface area (Å²) in [5.74, 6) is -0.189. The second-order valence-electron chi connectivity index (χ2n) is 3.41. The summed E-state index contributed by atoms with van der Waals surface area (Å²) in [5.41, 5.74) is 5.76. The van der Waals surface area contributed by atoms with Gasteiger partial charge in [0.05, 0.1) is 16.2 Å². The van der Waals surface area contributed by atoms with Gasteiger partial charge in [-0.15, -0.1) is 5.10 Å². The quantitative estimate of drug-likeness (QED) is 0.390. The topological polar surface area (TPSA) is 93.6 Å². The molecule has 0 aliphatic heterocycles. The van der Waals surface area contributed by atoms with Crippen LogP contribution in [0.25, 0.3) is 0 Å². The zero-order valence-corrected chi connectivity index (χ0v) is 11.0. The van der Waals surface area contributed by atoms with Gasteiger partial charge in [0.15, 0.2) is 5.84 Å². The summed E-state index contributed by atoms with van der Waals surface area (Å²) < 4.78 is 18.8. The molecule has 0 aliphatic rings. The zero-order valence-electron chi connectivity index (χ0n) is 9.42. The molecule has 8 heteroatoms. The molecule has 0 aliphatic carbocycles. The molecule has 1 heterocycles. The Morgan fingerprint density at radius 2 is 2.21 bits per heavy atom. The molecule has 1 aromatic carbocycles. The lowest BCUT2D eigenvalue weighted by atomic mass is 10.3. The predicted molar refractivity (Wildman–Crippen MR) is 68.7 cm³/mol. The van der Waals surface area contributed by atoms with Gasteiger partial charge in [-0.3, -0.25) is 0 Å². The molecular formula is C11H8BrFN4O2. The third kappa shape index (κ3) is 2.97. The average molecular weight is 327 g/mol. The molecule has 2 rings (SSSR count). The van der Waals surface area contributed by atoms with Crippen LogP contribution in [0.5, 0.6) is 11.6 Å². The van der Waals surface area contributed by atoms with Gasteiger partial charge in [0.2, 0.25) is 5.88 Å². The Hall–Kier alpha value is -2.22. The first-order valence-corrected chi connectivity index (χ1v) is 5.83. The van der Waals surface area contributed by atoms with E-state index in [2.05, 4.69) is 31.3 Å². The minimum Gasteiger partial charge on any atom is -0.437 e. The molecule has 3 N–H and O–H groups in total. The lowest BCUT2D eigenvalue weighted by Gasteiger charge is -2.08. The largest absolute Gasteiger partial charge is 0.437 e. The molecule has 6 nitrogen and oxygen atoms in total. The summed E-state index contributed by atoms with van der Waals surface area (Å²) in [6.07, 6.45) is 1.38. The Bertz CT molecular complexity index is 636. The smallest absolute Gasteiger partial charge is 0.250 e. The fourth-order valence-corrected chi connectivity index (χ4v) is 1.65. The molecule has 0 spiro atoms. The van der Waals surface area contributed by atoms with Crippen molar-refractivity contribution in [3.63, 3.8) is 0 Å². The first kappa shape index (κ1) is 13.2. The molecule has 0 saturated carbocycles. The Kier molecular flexibility index (Phi) is 3.91. The van der Waals surface area contributed by atoms with Crippen molar-refractivity contribution in [1.29, 1.82) is 0 Å². The summed E-state index contributed by atoms with van der Waals surface area (Å²) in [4.78, 5) is 0. The van der Waals surface area contributed by atoms with Crippen LogP contribution >= 0.6 is 15.9 Å². The Morgan fingerprint density at radius 1 is 1.42 bits per heavy atom. The number of nitrogens with two attached hydrogens (primary N) is 1. The molecule has 19 heavy (non-hydrogen) atoms. The van der Waals surface area contributed by atoms with Gasteiger partial charge in [-0.05, 0) is 40.2 Å². The molecule has 1 aromatic heterocycles. The van der Waals surface area contributed by atoms with Crippen molar-refractivity contribution in [2.45, 2.75) is 0 Å². The highest BCUT2D eigenvalue weighted by atomic mass is 79.9. The van der Waals surface area contributed by atoms with Crippen molar-refractivity contribution in [3.05, 3.63) is 46.3 Å². The van der Waals surface area contributed by atoms with E-state index in [1.807, 2.05) is 0 Å². The molecule has 0 bridgehead atoms. The van der Waals surface area contributed by atoms with Gasteiger partial charge in [-0.1, -0.05) is 5.16 Å². The number of aromatic nitrogens is 2. The van der Waals surface area contributed by atoms with Crippen molar-refractivity contribution in [2.24, 2.45) is 10.9 Å². The van der Waals surface area contributed by atoms with Crippen LogP contribution in [-0.2, 0) is 0 Å². The van der Waals surface area contributed by atoms with Crippen molar-refractivity contribution in [1.82, 2.24) is 10.2 Å². The highest BCUT2D eigenvalue weighted by Gasteiger charge is 2.12. The summed E-state index contributed by atoms with van der Waals surface area (Å²) in [6, 6.07) is 5.57. The number of rotatable bonds is 3. The van der Waals surface area contributed by atoms with Gasteiger partial charge < -0.3 is 15.7 Å². The average Bonchev–Trinajstić information content (AvgIpc) is 2.43. The second-order valence-corrected chi connectivity index (χ2v) is 4.27. The molecule has 0 atom stereocenters. The molecule has 0 amide bonds. The molecule has 0 saturated heterocycles. The number of ether oxygens (including phenoxy) is 1. The van der Waals surface area contributed by atoms with E-state index in [4.69, 9.17) is 15.7 Å². The number of oxime groups is 1. The molecule has 2 aromatic rings. The van der Waals surface area contributed by atoms with E-state index in [0.29, 0.717) is 5.75 Å². The van der Waals surface area contributed by atoms with Gasteiger partial charge in [-0.25, -0.2) is 4.39 Å². The van der Waals surface area contributed by atoms with Crippen LogP contribution in [0.3, 0.4) is 0 Å². The normalized spacial score (nSPS) is 11.4. The summed E-state index contributed by atoms with van der Waals surface area (Å²) in [7, 11) is 0. The van der Waals surface area contributed by atoms with E-state index in [-0.39, 0.29) is 21.8 Å². The maximum Gasteiger partial charge on any atom is 0.250 e. The standard InChI is InChI=1S/C11H8BrFN4O2/c12-8-5-6(1-2-9(8)13)19-11-7(10(14)17-18)3-4-15-16-11/h1-5,18H,(H2,14,17). The van der Waals surface area contributed by atoms with E-state index in [0.717, 1.165) is 0 Å². The van der Waals surface area contributed by atoms with E-state index >= 15 is 0 Å². The SMILES string of the molecule is N/C(=N/O)c1ccnnc1Oc1ccc(F)c(Br)c1. The maximum atomic E-state index is 13.1. The number of halogens is 2. The number of hydrogen-bond donors (Lipinski definition) is 2. The monoisotopic (exact) mass is 326 g/mol. The lowest BCUT2D eigenvalue weighted by Crippen LogP contribution is -2.15. The Balaban J connectivity index is 2.35. The van der Waals surface area contributed by atoms with Crippen LogP contribution in [0, 0.1) is 5.82 Å². The molecular weight excluding hydrogens is 319 g/mol. The summed E-state index contributed by atoms with van der Waals surface area (Å²) in [5, 5.41) is 18.9. The third-order valence-electron chi connectivity index (χ3n) is 2.18. The van der Waals surface area contributed by atoms with E-state index in [1.54, 1.807) is 0 Å². The highest BCUT2D eigenvalue weighted by molar-refractivity contribution is 9.10. The first-order valence-electron chi connectivity index (χ1n) is 5.04. The minimum atomic E-state index is -0.414. The van der Waals surface area contributed by atoms with E-state index in [1.165, 1.54) is 30.5 Å². The molecule has 98 valence electrons. The fraction of sp³-hybridized carbons (Fsp3) is 0. The van der Waals surface area contributed by atoms with Crippen LogP contribution in [0.15, 0.2) is 40.1 Å².